The Morgan fingerprint density at radius 2 is 2.00 bits per heavy atom. The van der Waals surface area contributed by atoms with Gasteiger partial charge in [-0.05, 0) is 17.7 Å². The van der Waals surface area contributed by atoms with E-state index in [1.165, 1.54) is 38.0 Å². The van der Waals surface area contributed by atoms with Crippen LogP contribution >= 0.6 is 0 Å². The quantitative estimate of drug-likeness (QED) is 0.292. The molecule has 0 fully saturated rings. The summed E-state index contributed by atoms with van der Waals surface area (Å²) in [4.78, 5) is 44.5. The molecular formula is C26H23N3O9. The van der Waals surface area contributed by atoms with Gasteiger partial charge in [0.1, 0.15) is 48.0 Å². The van der Waals surface area contributed by atoms with Crippen molar-refractivity contribution in [1.29, 1.82) is 0 Å². The molecule has 3 heterocycles. The fourth-order valence-electron chi connectivity index (χ4n) is 4.04. The minimum atomic E-state index is -0.960. The Kier molecular flexibility index (Phi) is 6.85. The Hall–Kier alpha value is -5.00. The number of phenols is 1. The smallest absolute Gasteiger partial charge is 0.328 e. The first-order valence-electron chi connectivity index (χ1n) is 11.6. The van der Waals surface area contributed by atoms with Crippen LogP contribution in [0.4, 0.5) is 0 Å². The highest BCUT2D eigenvalue weighted by Gasteiger charge is 2.23. The van der Waals surface area contributed by atoms with Crippen molar-refractivity contribution in [2.24, 2.45) is 0 Å². The molecule has 1 aliphatic rings. The number of rotatable bonds is 8. The second kappa shape index (κ2) is 10.5. The van der Waals surface area contributed by atoms with Crippen molar-refractivity contribution in [3.63, 3.8) is 0 Å². The van der Waals surface area contributed by atoms with Crippen LogP contribution in [-0.4, -0.2) is 59.9 Å². The molecule has 0 saturated heterocycles. The zero-order valence-electron chi connectivity index (χ0n) is 20.2. The third-order valence-corrected chi connectivity index (χ3v) is 5.85. The van der Waals surface area contributed by atoms with Crippen LogP contribution in [-0.2, 0) is 20.7 Å². The third kappa shape index (κ3) is 5.09. The normalized spacial score (nSPS) is 13.1. The summed E-state index contributed by atoms with van der Waals surface area (Å²) < 4.78 is 27.0. The zero-order chi connectivity index (χ0) is 26.6. The van der Waals surface area contributed by atoms with E-state index in [-0.39, 0.29) is 34.5 Å². The number of phenolic OH excluding ortho intramolecular Hbond substituents is 1. The lowest BCUT2D eigenvalue weighted by Crippen LogP contribution is -2.45. The maximum Gasteiger partial charge on any atom is 0.328 e. The number of amides is 1. The molecule has 0 radical (unpaired) electrons. The number of carbonyl (C=O) groups excluding carboxylic acids is 2. The number of ether oxygens (including phenoxy) is 4. The fourth-order valence-corrected chi connectivity index (χ4v) is 4.04. The molecule has 4 aromatic rings. The number of aromatic nitrogens is 2. The van der Waals surface area contributed by atoms with Crippen molar-refractivity contribution in [3.05, 3.63) is 65.0 Å². The van der Waals surface area contributed by atoms with E-state index in [1.54, 1.807) is 18.2 Å². The van der Waals surface area contributed by atoms with Crippen molar-refractivity contribution in [2.75, 3.05) is 26.9 Å². The van der Waals surface area contributed by atoms with Crippen LogP contribution in [0, 0.1) is 0 Å². The number of aromatic hydroxyl groups is 1. The number of H-pyrrole nitrogens is 1. The first-order chi connectivity index (χ1) is 18.4. The molecule has 38 heavy (non-hydrogen) atoms. The number of aromatic amines is 1. The van der Waals surface area contributed by atoms with E-state index in [9.17, 15) is 19.5 Å². The van der Waals surface area contributed by atoms with Crippen LogP contribution in [0.5, 0.6) is 23.0 Å². The molecule has 12 heteroatoms. The van der Waals surface area contributed by atoms with E-state index in [4.69, 9.17) is 23.4 Å². The number of esters is 1. The maximum absolute atomic E-state index is 13.2. The molecule has 0 aliphatic carbocycles. The highest BCUT2D eigenvalue weighted by molar-refractivity contribution is 5.89. The average Bonchev–Trinajstić information content (AvgIpc) is 3.44. The van der Waals surface area contributed by atoms with Crippen molar-refractivity contribution < 1.29 is 38.1 Å². The summed E-state index contributed by atoms with van der Waals surface area (Å²) in [6.07, 6.45) is 4.41. The van der Waals surface area contributed by atoms with E-state index in [2.05, 4.69) is 15.3 Å². The molecule has 2 aromatic carbocycles. The lowest BCUT2D eigenvalue weighted by atomic mass is 10.0. The van der Waals surface area contributed by atoms with E-state index in [1.807, 2.05) is 0 Å². The van der Waals surface area contributed by atoms with Gasteiger partial charge in [0, 0.05) is 30.4 Å². The summed E-state index contributed by atoms with van der Waals surface area (Å²) >= 11 is 0. The lowest BCUT2D eigenvalue weighted by molar-refractivity contribution is -0.145. The van der Waals surface area contributed by atoms with E-state index >= 15 is 0 Å². The largest absolute Gasteiger partial charge is 0.507 e. The monoisotopic (exact) mass is 521 g/mol. The predicted octanol–water partition coefficient (Wildman–Crippen LogP) is 1.94. The SMILES string of the molecule is COC(=O)[C@@H](Cc1cnc[nH]1)NC(=O)COc1cc(O)c2c(=O)c(-c3ccc4c(c3)OCCO4)coc2c1. The second-order valence-corrected chi connectivity index (χ2v) is 8.37. The number of hydrogen-bond donors (Lipinski definition) is 3. The van der Waals surface area contributed by atoms with Gasteiger partial charge in [-0.3, -0.25) is 9.59 Å². The first-order valence-corrected chi connectivity index (χ1v) is 11.6. The molecule has 3 N–H and O–H groups in total. The molecule has 1 atom stereocenters. The Morgan fingerprint density at radius 3 is 2.76 bits per heavy atom. The van der Waals surface area contributed by atoms with Gasteiger partial charge in [-0.1, -0.05) is 6.07 Å². The van der Waals surface area contributed by atoms with E-state index in [0.717, 1.165) is 0 Å². The molecule has 1 aliphatic heterocycles. The zero-order valence-corrected chi connectivity index (χ0v) is 20.2. The molecule has 0 saturated carbocycles. The number of nitrogens with zero attached hydrogens (tertiary/aromatic N) is 1. The summed E-state index contributed by atoms with van der Waals surface area (Å²) in [5, 5.41) is 13.1. The van der Waals surface area contributed by atoms with Gasteiger partial charge in [0.2, 0.25) is 5.43 Å². The van der Waals surface area contributed by atoms with Gasteiger partial charge in [-0.2, -0.15) is 0 Å². The van der Waals surface area contributed by atoms with Crippen LogP contribution in [0.25, 0.3) is 22.1 Å². The Balaban J connectivity index is 1.31. The Bertz CT molecular complexity index is 1550. The topological polar surface area (TPSA) is 162 Å². The van der Waals surface area contributed by atoms with Gasteiger partial charge >= 0.3 is 5.97 Å². The number of benzene rings is 2. The number of fused-ring (bicyclic) bond motifs is 2. The van der Waals surface area contributed by atoms with Crippen molar-refractivity contribution in [3.8, 4) is 34.1 Å². The number of nitrogens with one attached hydrogen (secondary N) is 2. The van der Waals surface area contributed by atoms with Crippen molar-refractivity contribution in [2.45, 2.75) is 12.5 Å². The molecule has 12 nitrogen and oxygen atoms in total. The average molecular weight is 521 g/mol. The maximum atomic E-state index is 13.2. The predicted molar refractivity (Wildman–Crippen MR) is 132 cm³/mol. The number of imidazole rings is 1. The molecule has 0 unspecified atom stereocenters. The summed E-state index contributed by atoms with van der Waals surface area (Å²) in [5.74, 6) is -0.431. The van der Waals surface area contributed by atoms with Crippen LogP contribution < -0.4 is 25.0 Å². The highest BCUT2D eigenvalue weighted by Crippen LogP contribution is 2.35. The van der Waals surface area contributed by atoms with E-state index < -0.39 is 30.0 Å². The third-order valence-electron chi connectivity index (χ3n) is 5.85. The van der Waals surface area contributed by atoms with Gasteiger partial charge in [0.05, 0.1) is 19.0 Å². The Labute approximate surface area is 215 Å². The summed E-state index contributed by atoms with van der Waals surface area (Å²) in [5.41, 5.74) is 1.01. The number of carbonyl (C=O) groups is 2. The van der Waals surface area contributed by atoms with Gasteiger partial charge in [-0.15, -0.1) is 0 Å². The molecule has 0 spiro atoms. The lowest BCUT2D eigenvalue weighted by Gasteiger charge is -2.18. The van der Waals surface area contributed by atoms with E-state index in [0.29, 0.717) is 36.0 Å². The van der Waals surface area contributed by atoms with Gasteiger partial charge < -0.3 is 38.8 Å². The van der Waals surface area contributed by atoms with Gasteiger partial charge in [0.25, 0.3) is 5.91 Å². The molecule has 5 rings (SSSR count). The Morgan fingerprint density at radius 1 is 1.18 bits per heavy atom. The second-order valence-electron chi connectivity index (χ2n) is 8.37. The molecule has 2 aromatic heterocycles. The fraction of sp³-hybridized carbons (Fsp3) is 0.231. The summed E-state index contributed by atoms with van der Waals surface area (Å²) in [6, 6.07) is 6.72. The summed E-state index contributed by atoms with van der Waals surface area (Å²) in [6.45, 7) is 0.375. The van der Waals surface area contributed by atoms with Crippen LogP contribution in [0.2, 0.25) is 0 Å². The van der Waals surface area contributed by atoms with Crippen LogP contribution in [0.15, 0.2) is 58.3 Å². The molecule has 1 amide bonds. The minimum absolute atomic E-state index is 0.0421. The number of hydrogen-bond acceptors (Lipinski definition) is 10. The first kappa shape index (κ1) is 24.7. The molecule has 196 valence electrons. The van der Waals surface area contributed by atoms with Gasteiger partial charge in [0.15, 0.2) is 18.1 Å². The standard InChI is InChI=1S/C26H23N3O9/c1-34-26(33)18(7-15-10-27-13-28-15)29-23(31)12-37-16-8-19(30)24-22(9-16)38-11-17(25(24)32)14-2-3-20-21(6-14)36-5-4-35-20/h2-3,6,8-11,13,18,30H,4-5,7,12H2,1H3,(H,27,28)(H,29,31)/t18-/m1/s1. The van der Waals surface area contributed by atoms with Crippen LogP contribution in [0.3, 0.4) is 0 Å². The van der Waals surface area contributed by atoms with Crippen molar-refractivity contribution in [1.82, 2.24) is 15.3 Å². The number of methoxy groups -OCH3 is 1. The van der Waals surface area contributed by atoms with Crippen LogP contribution in [0.1, 0.15) is 5.69 Å². The minimum Gasteiger partial charge on any atom is -0.507 e. The van der Waals surface area contributed by atoms with Gasteiger partial charge in [-0.25, -0.2) is 9.78 Å². The molecule has 0 bridgehead atoms. The highest BCUT2D eigenvalue weighted by atomic mass is 16.6. The molecular weight excluding hydrogens is 498 g/mol. The summed E-state index contributed by atoms with van der Waals surface area (Å²) in [7, 11) is 1.22. The van der Waals surface area contributed by atoms with Crippen molar-refractivity contribution >= 4 is 22.8 Å².